The molecule has 3 saturated heterocycles. The van der Waals surface area contributed by atoms with Gasteiger partial charge in [0, 0.05) is 25.2 Å². The predicted octanol–water partition coefficient (Wildman–Crippen LogP) is 1.85. The van der Waals surface area contributed by atoms with Crippen LogP contribution in [0.5, 0.6) is 5.75 Å². The largest absolute Gasteiger partial charge is 0.495 e. The van der Waals surface area contributed by atoms with E-state index in [0.717, 1.165) is 32.1 Å². The molecule has 1 aromatic carbocycles. The third-order valence-corrected chi connectivity index (χ3v) is 7.79. The van der Waals surface area contributed by atoms with Gasteiger partial charge in [-0.1, -0.05) is 0 Å². The first kappa shape index (κ1) is 20.6. The number of carbonyl (C=O) groups is 1. The molecular formula is C20H28N2O6S. The van der Waals surface area contributed by atoms with E-state index in [2.05, 4.69) is 0 Å². The number of ether oxygens (including phenoxy) is 3. The molecule has 160 valence electrons. The van der Waals surface area contributed by atoms with Crippen molar-refractivity contribution in [1.82, 2.24) is 9.21 Å². The summed E-state index contributed by atoms with van der Waals surface area (Å²) in [5.74, 6) is 0.0560. The molecule has 0 aromatic heterocycles. The first-order valence-electron chi connectivity index (χ1n) is 10.2. The average molecular weight is 425 g/mol. The van der Waals surface area contributed by atoms with Gasteiger partial charge in [0.15, 0.2) is 6.29 Å². The summed E-state index contributed by atoms with van der Waals surface area (Å²) in [7, 11) is -2.27. The van der Waals surface area contributed by atoms with Crippen LogP contribution in [0.2, 0.25) is 0 Å². The molecule has 0 saturated carbocycles. The highest BCUT2D eigenvalue weighted by Gasteiger charge is 2.37. The number of methoxy groups -OCH3 is 1. The molecule has 9 heteroatoms. The number of amides is 1. The first-order chi connectivity index (χ1) is 14.0. The van der Waals surface area contributed by atoms with Crippen molar-refractivity contribution in [3.8, 4) is 5.75 Å². The summed E-state index contributed by atoms with van der Waals surface area (Å²) in [5, 5.41) is 0. The molecule has 3 aliphatic heterocycles. The van der Waals surface area contributed by atoms with Gasteiger partial charge in [0.1, 0.15) is 10.6 Å². The SMILES string of the molecule is COc1ccc(C(=O)N2CCCCC2C2OCCO2)cc1S(=O)(=O)N1CCCC1. The summed E-state index contributed by atoms with van der Waals surface area (Å²) in [6.45, 7) is 2.66. The lowest BCUT2D eigenvalue weighted by Crippen LogP contribution is -2.50. The van der Waals surface area contributed by atoms with Gasteiger partial charge in [-0.15, -0.1) is 0 Å². The van der Waals surface area contributed by atoms with Crippen LogP contribution >= 0.6 is 0 Å². The van der Waals surface area contributed by atoms with Gasteiger partial charge in [-0.05, 0) is 50.3 Å². The topological polar surface area (TPSA) is 85.4 Å². The molecule has 1 amide bonds. The van der Waals surface area contributed by atoms with Crippen LogP contribution in [-0.4, -0.2) is 75.8 Å². The van der Waals surface area contributed by atoms with Crippen molar-refractivity contribution in [3.63, 3.8) is 0 Å². The number of hydrogen-bond acceptors (Lipinski definition) is 6. The highest BCUT2D eigenvalue weighted by atomic mass is 32.2. The van der Waals surface area contributed by atoms with E-state index in [0.29, 0.717) is 38.4 Å². The van der Waals surface area contributed by atoms with E-state index in [1.54, 1.807) is 17.0 Å². The van der Waals surface area contributed by atoms with E-state index in [1.807, 2.05) is 0 Å². The zero-order valence-corrected chi connectivity index (χ0v) is 17.5. The van der Waals surface area contributed by atoms with Crippen LogP contribution in [0.1, 0.15) is 42.5 Å². The van der Waals surface area contributed by atoms with E-state index in [1.165, 1.54) is 17.5 Å². The van der Waals surface area contributed by atoms with Crippen molar-refractivity contribution in [3.05, 3.63) is 23.8 Å². The highest BCUT2D eigenvalue weighted by molar-refractivity contribution is 7.89. The van der Waals surface area contributed by atoms with Crippen molar-refractivity contribution in [2.45, 2.75) is 49.3 Å². The molecule has 29 heavy (non-hydrogen) atoms. The van der Waals surface area contributed by atoms with Gasteiger partial charge >= 0.3 is 0 Å². The molecular weight excluding hydrogens is 396 g/mol. The molecule has 4 rings (SSSR count). The van der Waals surface area contributed by atoms with Crippen LogP contribution in [0.25, 0.3) is 0 Å². The van der Waals surface area contributed by atoms with E-state index in [-0.39, 0.29) is 22.6 Å². The number of rotatable bonds is 5. The molecule has 8 nitrogen and oxygen atoms in total. The molecule has 0 spiro atoms. The second kappa shape index (κ2) is 8.59. The van der Waals surface area contributed by atoms with Crippen LogP contribution in [-0.2, 0) is 19.5 Å². The quantitative estimate of drug-likeness (QED) is 0.717. The number of likely N-dealkylation sites (tertiary alicyclic amines) is 1. The molecule has 3 heterocycles. The van der Waals surface area contributed by atoms with Crippen molar-refractivity contribution in [2.24, 2.45) is 0 Å². The molecule has 1 aromatic rings. The lowest BCUT2D eigenvalue weighted by molar-refractivity contribution is -0.100. The lowest BCUT2D eigenvalue weighted by Gasteiger charge is -2.38. The zero-order valence-electron chi connectivity index (χ0n) is 16.7. The molecule has 3 aliphatic rings. The molecule has 0 N–H and O–H groups in total. The number of piperidine rings is 1. The van der Waals surface area contributed by atoms with Crippen LogP contribution < -0.4 is 4.74 Å². The number of nitrogens with zero attached hydrogens (tertiary/aromatic N) is 2. The third kappa shape index (κ3) is 4.01. The minimum Gasteiger partial charge on any atom is -0.495 e. The lowest BCUT2D eigenvalue weighted by atomic mass is 10.00. The van der Waals surface area contributed by atoms with Crippen LogP contribution in [0.3, 0.4) is 0 Å². The number of sulfonamides is 1. The van der Waals surface area contributed by atoms with Gasteiger partial charge in [-0.25, -0.2) is 8.42 Å². The summed E-state index contributed by atoms with van der Waals surface area (Å²) in [6.07, 6.45) is 4.00. The van der Waals surface area contributed by atoms with Crippen molar-refractivity contribution < 1.29 is 27.4 Å². The zero-order chi connectivity index (χ0) is 20.4. The van der Waals surface area contributed by atoms with E-state index < -0.39 is 16.3 Å². The molecule has 0 bridgehead atoms. The Morgan fingerprint density at radius 1 is 1.07 bits per heavy atom. The summed E-state index contributed by atoms with van der Waals surface area (Å²) < 4.78 is 44.3. The monoisotopic (exact) mass is 424 g/mol. The fourth-order valence-corrected chi connectivity index (χ4v) is 6.03. The van der Waals surface area contributed by atoms with E-state index in [4.69, 9.17) is 14.2 Å². The summed E-state index contributed by atoms with van der Waals surface area (Å²) in [4.78, 5) is 15.2. The van der Waals surface area contributed by atoms with Gasteiger partial charge < -0.3 is 19.1 Å². The predicted molar refractivity (Wildman–Crippen MR) is 105 cm³/mol. The number of hydrogen-bond donors (Lipinski definition) is 0. The molecule has 1 atom stereocenters. The molecule has 0 aliphatic carbocycles. The minimum absolute atomic E-state index is 0.0506. The Morgan fingerprint density at radius 2 is 1.76 bits per heavy atom. The summed E-state index contributed by atoms with van der Waals surface area (Å²) in [5.41, 5.74) is 0.341. The second-order valence-corrected chi connectivity index (χ2v) is 9.55. The Balaban J connectivity index is 1.64. The molecule has 1 unspecified atom stereocenters. The van der Waals surface area contributed by atoms with Crippen LogP contribution in [0.4, 0.5) is 0 Å². The number of benzene rings is 1. The van der Waals surface area contributed by atoms with Crippen molar-refractivity contribution in [1.29, 1.82) is 0 Å². The van der Waals surface area contributed by atoms with Gasteiger partial charge in [-0.2, -0.15) is 4.31 Å². The van der Waals surface area contributed by atoms with Gasteiger partial charge in [0.25, 0.3) is 5.91 Å². The van der Waals surface area contributed by atoms with Gasteiger partial charge in [0.05, 0.1) is 26.4 Å². The maximum atomic E-state index is 13.3. The fourth-order valence-electron chi connectivity index (χ4n) is 4.34. The minimum atomic E-state index is -3.71. The maximum absolute atomic E-state index is 13.3. The summed E-state index contributed by atoms with van der Waals surface area (Å²) >= 11 is 0. The van der Waals surface area contributed by atoms with E-state index in [9.17, 15) is 13.2 Å². The van der Waals surface area contributed by atoms with Crippen LogP contribution in [0.15, 0.2) is 23.1 Å². The van der Waals surface area contributed by atoms with Crippen molar-refractivity contribution >= 4 is 15.9 Å². The summed E-state index contributed by atoms with van der Waals surface area (Å²) in [6, 6.07) is 4.50. The number of carbonyl (C=O) groups excluding carboxylic acids is 1. The molecule has 3 fully saturated rings. The third-order valence-electron chi connectivity index (χ3n) is 5.87. The van der Waals surface area contributed by atoms with E-state index >= 15 is 0 Å². The smallest absolute Gasteiger partial charge is 0.254 e. The Hall–Kier alpha value is -1.68. The van der Waals surface area contributed by atoms with Crippen molar-refractivity contribution in [2.75, 3.05) is 40.0 Å². The normalized spacial score (nSPS) is 24.2. The maximum Gasteiger partial charge on any atom is 0.254 e. The average Bonchev–Trinajstić information content (AvgIpc) is 3.47. The second-order valence-electron chi connectivity index (χ2n) is 7.65. The Labute approximate surface area is 171 Å². The fraction of sp³-hybridized carbons (Fsp3) is 0.650. The Bertz CT molecular complexity index is 847. The van der Waals surface area contributed by atoms with Gasteiger partial charge in [-0.3, -0.25) is 4.79 Å². The Morgan fingerprint density at radius 3 is 2.45 bits per heavy atom. The highest BCUT2D eigenvalue weighted by Crippen LogP contribution is 2.32. The van der Waals surface area contributed by atoms with Gasteiger partial charge in [0.2, 0.25) is 10.0 Å². The first-order valence-corrected chi connectivity index (χ1v) is 11.7. The Kier molecular flexibility index (Phi) is 6.10. The van der Waals surface area contributed by atoms with Crippen LogP contribution in [0, 0.1) is 0 Å². The standard InChI is InChI=1S/C20H28N2O6S/c1-26-17-8-7-15(14-18(17)29(24,25)21-9-4-5-10-21)19(23)22-11-3-2-6-16(22)20-27-12-13-28-20/h7-8,14,16,20H,2-6,9-13H2,1H3. The molecule has 0 radical (unpaired) electrons.